The molecule has 40 heavy (non-hydrogen) atoms. The maximum absolute atomic E-state index is 13.3. The van der Waals surface area contributed by atoms with Gasteiger partial charge in [0.05, 0.1) is 24.1 Å². The number of carbonyl (C=O) groups excluding carboxylic acids is 2. The first-order valence-electron chi connectivity index (χ1n) is 11.8. The molecule has 0 saturated heterocycles. The smallest absolute Gasteiger partial charge is 0.355 e. The van der Waals surface area contributed by atoms with Gasteiger partial charge in [-0.3, -0.25) is 20.2 Å². The highest BCUT2D eigenvalue weighted by molar-refractivity contribution is 6.04. The molecule has 4 rings (SSSR count). The van der Waals surface area contributed by atoms with Crippen molar-refractivity contribution in [3.05, 3.63) is 128 Å². The van der Waals surface area contributed by atoms with Crippen LogP contribution in [0.4, 0.5) is 17.1 Å². The third-order valence-electron chi connectivity index (χ3n) is 6.07. The highest BCUT2D eigenvalue weighted by Crippen LogP contribution is 2.41. The second-order valence-corrected chi connectivity index (χ2v) is 8.41. The lowest BCUT2D eigenvalue weighted by molar-refractivity contribution is -0.385. The van der Waals surface area contributed by atoms with Crippen LogP contribution >= 0.6 is 0 Å². The Morgan fingerprint density at radius 3 is 1.90 bits per heavy atom. The van der Waals surface area contributed by atoms with E-state index in [0.717, 1.165) is 7.11 Å². The van der Waals surface area contributed by atoms with Crippen molar-refractivity contribution in [1.82, 2.24) is 0 Å². The van der Waals surface area contributed by atoms with Gasteiger partial charge in [0.1, 0.15) is 17.4 Å². The minimum absolute atomic E-state index is 0.0751. The number of rotatable bonds is 8. The molecule has 0 unspecified atom stereocenters. The summed E-state index contributed by atoms with van der Waals surface area (Å²) < 4.78 is 16.5. The predicted molar refractivity (Wildman–Crippen MR) is 143 cm³/mol. The molecular formula is C28H23N3O9. The van der Waals surface area contributed by atoms with Gasteiger partial charge in [-0.2, -0.15) is 0 Å². The van der Waals surface area contributed by atoms with E-state index in [1.807, 2.05) is 0 Å². The van der Waals surface area contributed by atoms with E-state index >= 15 is 0 Å². The number of carbonyl (C=O) groups is 2. The van der Waals surface area contributed by atoms with E-state index in [9.17, 15) is 29.8 Å². The topological polar surface area (TPSA) is 151 Å². The summed E-state index contributed by atoms with van der Waals surface area (Å²) in [6.45, 7) is 0. The number of para-hydroxylation sites is 1. The molecular weight excluding hydrogens is 522 g/mol. The van der Waals surface area contributed by atoms with Crippen LogP contribution in [0.25, 0.3) is 6.08 Å². The summed E-state index contributed by atoms with van der Waals surface area (Å²) in [6.07, 6.45) is 1.09. The van der Waals surface area contributed by atoms with E-state index in [0.29, 0.717) is 16.8 Å². The summed E-state index contributed by atoms with van der Waals surface area (Å²) in [5.41, 5.74) is 0.904. The average Bonchev–Trinajstić information content (AvgIpc) is 2.99. The number of benzene rings is 3. The Hall–Kier alpha value is -5.36. The van der Waals surface area contributed by atoms with Gasteiger partial charge < -0.3 is 19.1 Å². The molecule has 12 nitrogen and oxygen atoms in total. The number of methoxy groups -OCH3 is 2. The summed E-state index contributed by atoms with van der Waals surface area (Å²) in [4.78, 5) is 49.0. The third kappa shape index (κ3) is 5.71. The number of anilines is 1. The molecule has 3 aromatic rings. The van der Waals surface area contributed by atoms with Gasteiger partial charge in [0.2, 0.25) is 0 Å². The number of non-ortho nitro benzene ring substituents is 2. The zero-order valence-corrected chi connectivity index (χ0v) is 21.3. The minimum Gasteiger partial charge on any atom is -0.466 e. The molecule has 1 aliphatic rings. The Morgan fingerprint density at radius 2 is 1.38 bits per heavy atom. The SMILES string of the molecule is COC(=O)C1=C(C(=O)OC)N(c2ccccc2)[C@@H](/C=C/c2ccc([N+](=O)[O-])cc2)O[C@H]1c1ccc([N+](=O)[O-])cc1. The normalized spacial score (nSPS) is 17.0. The van der Waals surface area contributed by atoms with Crippen molar-refractivity contribution >= 4 is 35.1 Å². The van der Waals surface area contributed by atoms with Crippen LogP contribution in [0.1, 0.15) is 17.2 Å². The van der Waals surface area contributed by atoms with Gasteiger partial charge in [-0.05, 0) is 53.6 Å². The molecule has 0 aromatic heterocycles. The summed E-state index contributed by atoms with van der Waals surface area (Å²) in [7, 11) is 2.33. The van der Waals surface area contributed by atoms with Crippen LogP contribution < -0.4 is 4.90 Å². The fourth-order valence-electron chi connectivity index (χ4n) is 4.18. The van der Waals surface area contributed by atoms with E-state index in [1.54, 1.807) is 54.6 Å². The van der Waals surface area contributed by atoms with Crippen molar-refractivity contribution in [2.75, 3.05) is 19.1 Å². The monoisotopic (exact) mass is 545 g/mol. The van der Waals surface area contributed by atoms with Crippen LogP contribution in [0, 0.1) is 20.2 Å². The molecule has 12 heteroatoms. The lowest BCUT2D eigenvalue weighted by atomic mass is 9.96. The lowest BCUT2D eigenvalue weighted by Crippen LogP contribution is -2.46. The van der Waals surface area contributed by atoms with E-state index in [4.69, 9.17) is 14.2 Å². The van der Waals surface area contributed by atoms with Crippen LogP contribution in [0.15, 0.2) is 96.2 Å². The van der Waals surface area contributed by atoms with Crippen LogP contribution in [0.5, 0.6) is 0 Å². The summed E-state index contributed by atoms with van der Waals surface area (Å²) in [5, 5.41) is 22.2. The van der Waals surface area contributed by atoms with Crippen molar-refractivity contribution in [3.63, 3.8) is 0 Å². The van der Waals surface area contributed by atoms with Gasteiger partial charge >= 0.3 is 11.9 Å². The quantitative estimate of drug-likeness (QED) is 0.221. The van der Waals surface area contributed by atoms with Crippen LogP contribution in [-0.2, 0) is 23.8 Å². The predicted octanol–water partition coefficient (Wildman–Crippen LogP) is 4.72. The van der Waals surface area contributed by atoms with Crippen molar-refractivity contribution in [2.45, 2.75) is 12.3 Å². The Morgan fingerprint density at radius 1 is 0.825 bits per heavy atom. The molecule has 0 fully saturated rings. The number of hydrogen-bond acceptors (Lipinski definition) is 10. The Balaban J connectivity index is 1.90. The van der Waals surface area contributed by atoms with Crippen LogP contribution in [0.2, 0.25) is 0 Å². The molecule has 0 N–H and O–H groups in total. The molecule has 204 valence electrons. The summed E-state index contributed by atoms with van der Waals surface area (Å²) in [5.74, 6) is -1.70. The molecule has 0 aliphatic carbocycles. The number of ether oxygens (including phenoxy) is 3. The van der Waals surface area contributed by atoms with E-state index in [-0.39, 0.29) is 22.6 Å². The Labute approximate surface area is 228 Å². The van der Waals surface area contributed by atoms with Crippen molar-refractivity contribution in [1.29, 1.82) is 0 Å². The number of nitro groups is 2. The van der Waals surface area contributed by atoms with E-state index in [1.165, 1.54) is 48.4 Å². The van der Waals surface area contributed by atoms with Crippen LogP contribution in [-0.4, -0.2) is 42.2 Å². The standard InChI is InChI=1S/C28H23N3O9/c1-38-27(32)24-25(28(33)39-2)29(20-6-4-3-5-7-20)23(17-10-18-8-13-21(14-9-18)30(34)35)40-26(24)19-11-15-22(16-12-19)31(36)37/h3-17,23,26H,1-2H3/b17-10+/t23-,26+/m1/s1. The van der Waals surface area contributed by atoms with Crippen molar-refractivity contribution in [3.8, 4) is 0 Å². The number of hydrogen-bond donors (Lipinski definition) is 0. The summed E-state index contributed by atoms with van der Waals surface area (Å²) >= 11 is 0. The molecule has 2 atom stereocenters. The Bertz CT molecular complexity index is 1480. The van der Waals surface area contributed by atoms with Crippen molar-refractivity contribution in [2.24, 2.45) is 0 Å². The molecule has 3 aromatic carbocycles. The maximum atomic E-state index is 13.3. The van der Waals surface area contributed by atoms with Gasteiger partial charge in [0.15, 0.2) is 6.23 Å². The Kier molecular flexibility index (Phi) is 8.30. The largest absolute Gasteiger partial charge is 0.466 e. The zero-order valence-electron chi connectivity index (χ0n) is 21.3. The molecule has 0 radical (unpaired) electrons. The third-order valence-corrected chi connectivity index (χ3v) is 6.07. The highest BCUT2D eigenvalue weighted by atomic mass is 16.6. The lowest BCUT2D eigenvalue weighted by Gasteiger charge is -2.41. The first-order chi connectivity index (χ1) is 19.2. The van der Waals surface area contributed by atoms with Crippen molar-refractivity contribution < 1.29 is 33.6 Å². The second-order valence-electron chi connectivity index (χ2n) is 8.41. The highest BCUT2D eigenvalue weighted by Gasteiger charge is 2.43. The van der Waals surface area contributed by atoms with E-state index < -0.39 is 34.1 Å². The molecule has 1 heterocycles. The maximum Gasteiger partial charge on any atom is 0.355 e. The average molecular weight is 546 g/mol. The molecule has 0 spiro atoms. The second kappa shape index (κ2) is 12.0. The molecule has 0 bridgehead atoms. The van der Waals surface area contributed by atoms with Crippen LogP contribution in [0.3, 0.4) is 0 Å². The minimum atomic E-state index is -1.17. The summed E-state index contributed by atoms with van der Waals surface area (Å²) in [6, 6.07) is 19.8. The molecule has 1 aliphatic heterocycles. The fraction of sp³-hybridized carbons (Fsp3) is 0.143. The number of nitro benzene ring substituents is 2. The molecule has 0 saturated carbocycles. The van der Waals surface area contributed by atoms with E-state index in [2.05, 4.69) is 0 Å². The van der Waals surface area contributed by atoms with Gasteiger partial charge in [-0.25, -0.2) is 9.59 Å². The van der Waals surface area contributed by atoms with Gasteiger partial charge in [0, 0.05) is 30.0 Å². The first kappa shape index (κ1) is 27.7. The van der Waals surface area contributed by atoms with Gasteiger partial charge in [-0.1, -0.05) is 24.3 Å². The fourth-order valence-corrected chi connectivity index (χ4v) is 4.18. The van der Waals surface area contributed by atoms with Gasteiger partial charge in [0.25, 0.3) is 11.4 Å². The molecule has 0 amide bonds. The van der Waals surface area contributed by atoms with Gasteiger partial charge in [-0.15, -0.1) is 0 Å². The number of esters is 2. The first-order valence-corrected chi connectivity index (χ1v) is 11.8. The number of nitrogens with zero attached hydrogens (tertiary/aromatic N) is 3. The zero-order chi connectivity index (χ0) is 28.8.